The van der Waals surface area contributed by atoms with Gasteiger partial charge in [-0.05, 0) is 16.7 Å². The fourth-order valence-corrected chi connectivity index (χ4v) is 4.54. The monoisotopic (exact) mass is 371 g/mol. The number of thioether (sulfide) groups is 1. The minimum atomic E-state index is -0.986. The molecule has 0 spiro atoms. The molecule has 3 nitrogen and oxygen atoms in total. The van der Waals surface area contributed by atoms with Gasteiger partial charge in [0.15, 0.2) is 0 Å². The number of hydrogen-bond donors (Lipinski definition) is 2. The van der Waals surface area contributed by atoms with E-state index < -0.39 is 16.8 Å². The van der Waals surface area contributed by atoms with Gasteiger partial charge in [0.05, 0.1) is 4.75 Å². The molecule has 3 rings (SSSR count). The second-order valence-corrected chi connectivity index (χ2v) is 7.27. The Kier molecular flexibility index (Phi) is 7.76. The number of benzene rings is 3. The molecule has 0 saturated carbocycles. The molecule has 0 radical (unpaired) electrons. The van der Waals surface area contributed by atoms with Gasteiger partial charge in [0, 0.05) is 5.75 Å². The summed E-state index contributed by atoms with van der Waals surface area (Å²) in [7, 11) is 0. The zero-order valence-corrected chi connectivity index (χ0v) is 15.1. The van der Waals surface area contributed by atoms with Crippen LogP contribution in [0.3, 0.4) is 0 Å². The molecule has 0 fully saturated rings. The molecule has 5 heteroatoms. The quantitative estimate of drug-likeness (QED) is 0.493. The van der Waals surface area contributed by atoms with Crippen molar-refractivity contribution in [1.29, 1.82) is 0 Å². The van der Waals surface area contributed by atoms with Crippen molar-refractivity contribution in [2.45, 2.75) is 10.8 Å². The van der Waals surface area contributed by atoms with Crippen molar-refractivity contribution < 1.29 is 9.90 Å². The van der Waals surface area contributed by atoms with Gasteiger partial charge >= 0.3 is 24.8 Å². The summed E-state index contributed by atoms with van der Waals surface area (Å²) in [6, 6.07) is 29.6. The van der Waals surface area contributed by atoms with Gasteiger partial charge in [-0.25, -0.2) is 0 Å². The van der Waals surface area contributed by atoms with Crippen molar-refractivity contribution >= 4 is 36.6 Å². The molecule has 1 atom stereocenters. The second-order valence-electron chi connectivity index (χ2n) is 6.03. The molecule has 3 N–H and O–H groups in total. The van der Waals surface area contributed by atoms with E-state index >= 15 is 0 Å². The van der Waals surface area contributed by atoms with Gasteiger partial charge < -0.3 is 10.8 Å². The van der Waals surface area contributed by atoms with Crippen molar-refractivity contribution in [3.8, 4) is 0 Å². The van der Waals surface area contributed by atoms with Crippen LogP contribution in [0.25, 0.3) is 0 Å². The maximum atomic E-state index is 11.3. The van der Waals surface area contributed by atoms with Crippen molar-refractivity contribution in [3.63, 3.8) is 0 Å². The Morgan fingerprint density at radius 2 is 1.15 bits per heavy atom. The summed E-state index contributed by atoms with van der Waals surface area (Å²) < 4.78 is -0.531. The van der Waals surface area contributed by atoms with E-state index in [1.807, 2.05) is 54.6 Å². The van der Waals surface area contributed by atoms with E-state index in [1.54, 1.807) is 11.8 Å². The second kappa shape index (κ2) is 9.82. The van der Waals surface area contributed by atoms with Crippen LogP contribution in [0.2, 0.25) is 0 Å². The van der Waals surface area contributed by atoms with Crippen molar-refractivity contribution in [2.24, 2.45) is 5.73 Å². The molecule has 0 heterocycles. The number of hydrogen-bond acceptors (Lipinski definition) is 3. The molecule has 0 amide bonds. The van der Waals surface area contributed by atoms with Gasteiger partial charge in [-0.1, -0.05) is 91.0 Å². The van der Waals surface area contributed by atoms with E-state index in [4.69, 9.17) is 5.73 Å². The fraction of sp³-hybridized carbons (Fsp3) is 0.136. The number of carboxylic acids is 1. The zero-order chi connectivity index (χ0) is 18.4. The first-order valence-corrected chi connectivity index (χ1v) is 9.42. The third-order valence-electron chi connectivity index (χ3n) is 4.34. The maximum absolute atomic E-state index is 11.3. The van der Waals surface area contributed by atoms with Gasteiger partial charge in [0.25, 0.3) is 0 Å². The van der Waals surface area contributed by atoms with Crippen LogP contribution in [-0.2, 0) is 9.54 Å². The Hall–Kier alpha value is -1.96. The fourth-order valence-electron chi connectivity index (χ4n) is 3.05. The summed E-state index contributed by atoms with van der Waals surface area (Å²) in [6.45, 7) is 0. The van der Waals surface area contributed by atoms with E-state index in [2.05, 4.69) is 36.4 Å². The van der Waals surface area contributed by atoms with E-state index in [-0.39, 0.29) is 18.9 Å². The van der Waals surface area contributed by atoms with E-state index in [0.717, 1.165) is 16.7 Å². The molecule has 3 aromatic rings. The normalized spacial score (nSPS) is 12.0. The summed E-state index contributed by atoms with van der Waals surface area (Å²) in [5.41, 5.74) is 9.13. The number of aliphatic carboxylic acids is 1. The first-order chi connectivity index (χ1) is 12.6. The first-order valence-electron chi connectivity index (χ1n) is 8.43. The van der Waals surface area contributed by atoms with Crippen molar-refractivity contribution in [3.05, 3.63) is 108 Å². The van der Waals surface area contributed by atoms with Crippen LogP contribution in [-0.4, -0.2) is 41.7 Å². The molecule has 3 aromatic carbocycles. The topological polar surface area (TPSA) is 63.3 Å². The Labute approximate surface area is 176 Å². The Morgan fingerprint density at radius 3 is 1.44 bits per heavy atom. The molecule has 0 aliphatic rings. The van der Waals surface area contributed by atoms with Crippen LogP contribution in [0.1, 0.15) is 16.7 Å². The molecule has 0 saturated heterocycles. The molecule has 0 unspecified atom stereocenters. The average Bonchev–Trinajstić information content (AvgIpc) is 2.70. The van der Waals surface area contributed by atoms with Gasteiger partial charge in [-0.2, -0.15) is 0 Å². The minimum absolute atomic E-state index is 0. The number of nitrogens with two attached hydrogens (primary N) is 1. The SMILES string of the molecule is N[C@@H](CSC(c1ccccc1)(c1ccccc1)c1ccccc1)C(=O)O.[LiH]. The number of carboxylic acid groups (broad SMARTS) is 1. The number of rotatable bonds is 7. The molecule has 0 aliphatic heterocycles. The van der Waals surface area contributed by atoms with E-state index in [1.165, 1.54) is 0 Å². The Bertz CT molecular complexity index is 747. The summed E-state index contributed by atoms with van der Waals surface area (Å²) >= 11 is 1.56. The van der Waals surface area contributed by atoms with Gasteiger partial charge in [-0.15, -0.1) is 11.8 Å². The van der Waals surface area contributed by atoms with Crippen LogP contribution in [0.15, 0.2) is 91.0 Å². The molecule has 27 heavy (non-hydrogen) atoms. The van der Waals surface area contributed by atoms with Crippen LogP contribution in [0.5, 0.6) is 0 Å². The third-order valence-corrected chi connectivity index (χ3v) is 6.00. The molecule has 0 aromatic heterocycles. The number of carbonyl (C=O) groups is 1. The van der Waals surface area contributed by atoms with Crippen LogP contribution < -0.4 is 5.73 Å². The van der Waals surface area contributed by atoms with Gasteiger partial charge in [0.1, 0.15) is 6.04 Å². The summed E-state index contributed by atoms with van der Waals surface area (Å²) in [5.74, 6) is -0.686. The zero-order valence-electron chi connectivity index (χ0n) is 14.3. The molecular formula is C22H22LiNO2S. The predicted molar refractivity (Wildman–Crippen MR) is 114 cm³/mol. The van der Waals surface area contributed by atoms with Gasteiger partial charge in [0.2, 0.25) is 0 Å². The molecule has 0 bridgehead atoms. The summed E-state index contributed by atoms with van der Waals surface area (Å²) in [4.78, 5) is 11.3. The third kappa shape index (κ3) is 4.66. The van der Waals surface area contributed by atoms with Gasteiger partial charge in [-0.3, -0.25) is 4.79 Å². The first kappa shape index (κ1) is 21.3. The molecule has 0 aliphatic carbocycles. The molecular weight excluding hydrogens is 349 g/mol. The Balaban J connectivity index is 0.00000261. The molecule has 134 valence electrons. The standard InChI is InChI=1S/C22H21NO2S.Li.H/c23-20(21(24)25)16-26-22(17-10-4-1-5-11-17,18-12-6-2-7-13-18)19-14-8-3-9-15-19;;/h1-15,20H,16,23H2,(H,24,25);;/t20-;;/m0../s1. The van der Waals surface area contributed by atoms with Crippen molar-refractivity contribution in [2.75, 3.05) is 5.75 Å². The summed E-state index contributed by atoms with van der Waals surface area (Å²) in [5, 5.41) is 9.25. The van der Waals surface area contributed by atoms with E-state index in [9.17, 15) is 9.90 Å². The Morgan fingerprint density at radius 1 is 0.815 bits per heavy atom. The summed E-state index contributed by atoms with van der Waals surface area (Å²) in [6.07, 6.45) is 0. The van der Waals surface area contributed by atoms with Crippen molar-refractivity contribution in [1.82, 2.24) is 0 Å². The predicted octanol–water partition coefficient (Wildman–Crippen LogP) is 3.48. The van der Waals surface area contributed by atoms with E-state index in [0.29, 0.717) is 5.75 Å². The average molecular weight is 371 g/mol. The van der Waals surface area contributed by atoms with Crippen LogP contribution in [0.4, 0.5) is 0 Å². The van der Waals surface area contributed by atoms with Crippen LogP contribution in [0, 0.1) is 0 Å². The van der Waals surface area contributed by atoms with Crippen LogP contribution >= 0.6 is 11.8 Å².